The Morgan fingerprint density at radius 3 is 2.75 bits per heavy atom. The molecule has 0 unspecified atom stereocenters. The van der Waals surface area contributed by atoms with Gasteiger partial charge in [0.1, 0.15) is 11.5 Å². The zero-order chi connectivity index (χ0) is 19.8. The Bertz CT molecular complexity index is 948. The number of hydrogen-bond donors (Lipinski definition) is 1. The average Bonchev–Trinajstić information content (AvgIpc) is 3.19. The number of carbonyl (C=O) groups excluding carboxylic acids is 1. The number of thiazole rings is 1. The van der Waals surface area contributed by atoms with Crippen molar-refractivity contribution in [1.82, 2.24) is 4.98 Å². The predicted octanol–water partition coefficient (Wildman–Crippen LogP) is 5.26. The molecule has 144 valence electrons. The van der Waals surface area contributed by atoms with Crippen molar-refractivity contribution in [3.05, 3.63) is 65.6 Å². The maximum absolute atomic E-state index is 12.2. The first-order valence-corrected chi connectivity index (χ1v) is 9.88. The van der Waals surface area contributed by atoms with E-state index in [2.05, 4.69) is 17.2 Å². The summed E-state index contributed by atoms with van der Waals surface area (Å²) in [5.74, 6) is 1.37. The highest BCUT2D eigenvalue weighted by Crippen LogP contribution is 2.26. The van der Waals surface area contributed by atoms with Crippen molar-refractivity contribution in [2.24, 2.45) is 0 Å². The monoisotopic (exact) mass is 394 g/mol. The van der Waals surface area contributed by atoms with Gasteiger partial charge in [-0.05, 0) is 54.5 Å². The molecule has 0 bridgehead atoms. The standard InChI is InChI=1S/C22H22N2O3S/c1-3-13-27-19-6-4-5-16(14-19)7-12-21(25)24-22-23-20(15-28-22)17-8-10-18(26-2)11-9-17/h4-12,14-15H,3,13H2,1-2H3,(H,23,24,25)/b12-7-. The van der Waals surface area contributed by atoms with Crippen LogP contribution in [0.3, 0.4) is 0 Å². The van der Waals surface area contributed by atoms with Crippen molar-refractivity contribution in [2.75, 3.05) is 19.0 Å². The SMILES string of the molecule is CCCOc1cccc(/C=C\C(=O)Nc2nc(-c3ccc(OC)cc3)cs2)c1. The number of methoxy groups -OCH3 is 1. The normalized spacial score (nSPS) is 10.8. The van der Waals surface area contributed by atoms with Crippen LogP contribution in [0.1, 0.15) is 18.9 Å². The van der Waals surface area contributed by atoms with Crippen molar-refractivity contribution < 1.29 is 14.3 Å². The average molecular weight is 394 g/mol. The van der Waals surface area contributed by atoms with Crippen LogP contribution < -0.4 is 14.8 Å². The number of aromatic nitrogens is 1. The molecule has 5 nitrogen and oxygen atoms in total. The van der Waals surface area contributed by atoms with Crippen LogP contribution in [0.5, 0.6) is 11.5 Å². The van der Waals surface area contributed by atoms with Gasteiger partial charge in [0, 0.05) is 17.0 Å². The number of ether oxygens (including phenoxy) is 2. The molecule has 0 aliphatic carbocycles. The maximum atomic E-state index is 12.2. The van der Waals surface area contributed by atoms with Crippen molar-refractivity contribution in [2.45, 2.75) is 13.3 Å². The summed E-state index contributed by atoms with van der Waals surface area (Å²) in [5.41, 5.74) is 2.69. The van der Waals surface area contributed by atoms with E-state index >= 15 is 0 Å². The van der Waals surface area contributed by atoms with Gasteiger partial charge >= 0.3 is 0 Å². The third kappa shape index (κ3) is 5.44. The molecule has 3 aromatic rings. The Kier molecular flexibility index (Phi) is 6.81. The second kappa shape index (κ2) is 9.71. The molecule has 0 aliphatic heterocycles. The maximum Gasteiger partial charge on any atom is 0.250 e. The summed E-state index contributed by atoms with van der Waals surface area (Å²) in [6, 6.07) is 15.3. The van der Waals surface area contributed by atoms with Crippen LogP contribution in [0.4, 0.5) is 5.13 Å². The van der Waals surface area contributed by atoms with Gasteiger partial charge in [0.2, 0.25) is 5.91 Å². The number of carbonyl (C=O) groups is 1. The molecule has 0 aliphatic rings. The topological polar surface area (TPSA) is 60.5 Å². The fraction of sp³-hybridized carbons (Fsp3) is 0.182. The van der Waals surface area contributed by atoms with Crippen molar-refractivity contribution in [3.8, 4) is 22.8 Å². The summed E-state index contributed by atoms with van der Waals surface area (Å²) >= 11 is 1.39. The van der Waals surface area contributed by atoms with Gasteiger partial charge in [-0.2, -0.15) is 0 Å². The van der Waals surface area contributed by atoms with E-state index in [-0.39, 0.29) is 5.91 Å². The summed E-state index contributed by atoms with van der Waals surface area (Å²) in [6.07, 6.45) is 4.20. The van der Waals surface area contributed by atoms with Gasteiger partial charge in [-0.3, -0.25) is 10.1 Å². The van der Waals surface area contributed by atoms with E-state index in [1.165, 1.54) is 17.4 Å². The summed E-state index contributed by atoms with van der Waals surface area (Å²) in [5, 5.41) is 5.27. The van der Waals surface area contributed by atoms with E-state index in [0.717, 1.165) is 34.7 Å². The van der Waals surface area contributed by atoms with Gasteiger partial charge in [0.15, 0.2) is 5.13 Å². The molecular formula is C22H22N2O3S. The second-order valence-corrected chi connectivity index (χ2v) is 6.87. The summed E-state index contributed by atoms with van der Waals surface area (Å²) in [7, 11) is 1.63. The van der Waals surface area contributed by atoms with Gasteiger partial charge in [0.25, 0.3) is 0 Å². The lowest BCUT2D eigenvalue weighted by molar-refractivity contribution is -0.111. The minimum absolute atomic E-state index is 0.226. The lowest BCUT2D eigenvalue weighted by Gasteiger charge is -2.04. The van der Waals surface area contributed by atoms with E-state index < -0.39 is 0 Å². The number of hydrogen-bond acceptors (Lipinski definition) is 5. The van der Waals surface area contributed by atoms with E-state index in [9.17, 15) is 4.79 Å². The number of anilines is 1. The molecule has 0 fully saturated rings. The molecule has 0 saturated carbocycles. The van der Waals surface area contributed by atoms with E-state index in [1.807, 2.05) is 53.9 Å². The summed E-state index contributed by atoms with van der Waals surface area (Å²) in [4.78, 5) is 16.7. The van der Waals surface area contributed by atoms with E-state index in [1.54, 1.807) is 13.2 Å². The third-order valence-electron chi connectivity index (χ3n) is 3.88. The molecule has 0 saturated heterocycles. The van der Waals surface area contributed by atoms with Crippen molar-refractivity contribution in [3.63, 3.8) is 0 Å². The van der Waals surface area contributed by atoms with Gasteiger partial charge in [0.05, 0.1) is 19.4 Å². The molecule has 1 aromatic heterocycles. The zero-order valence-corrected chi connectivity index (χ0v) is 16.7. The Labute approximate surface area is 168 Å². The van der Waals surface area contributed by atoms with Crippen LogP contribution in [0.25, 0.3) is 17.3 Å². The largest absolute Gasteiger partial charge is 0.497 e. The molecule has 0 spiro atoms. The summed E-state index contributed by atoms with van der Waals surface area (Å²) < 4.78 is 10.8. The Morgan fingerprint density at radius 2 is 2.00 bits per heavy atom. The predicted molar refractivity (Wildman–Crippen MR) is 114 cm³/mol. The fourth-order valence-electron chi connectivity index (χ4n) is 2.47. The molecule has 0 atom stereocenters. The van der Waals surface area contributed by atoms with Crippen LogP contribution in [-0.2, 0) is 4.79 Å². The first-order chi connectivity index (χ1) is 13.7. The lowest BCUT2D eigenvalue weighted by Crippen LogP contribution is -2.07. The first kappa shape index (κ1) is 19.6. The van der Waals surface area contributed by atoms with E-state index in [0.29, 0.717) is 11.7 Å². The minimum Gasteiger partial charge on any atom is -0.497 e. The lowest BCUT2D eigenvalue weighted by atomic mass is 10.2. The number of amides is 1. The van der Waals surface area contributed by atoms with Crippen LogP contribution in [0, 0.1) is 0 Å². The van der Waals surface area contributed by atoms with Gasteiger partial charge < -0.3 is 9.47 Å². The van der Waals surface area contributed by atoms with Gasteiger partial charge in [-0.25, -0.2) is 4.98 Å². The molecule has 1 N–H and O–H groups in total. The molecule has 0 radical (unpaired) electrons. The molecule has 3 rings (SSSR count). The molecule has 6 heteroatoms. The second-order valence-electron chi connectivity index (χ2n) is 6.01. The van der Waals surface area contributed by atoms with Crippen LogP contribution in [0.15, 0.2) is 60.0 Å². The Balaban J connectivity index is 1.60. The molecule has 1 amide bonds. The van der Waals surface area contributed by atoms with Gasteiger partial charge in [-0.1, -0.05) is 19.1 Å². The Morgan fingerprint density at radius 1 is 1.18 bits per heavy atom. The number of rotatable bonds is 8. The van der Waals surface area contributed by atoms with Gasteiger partial charge in [-0.15, -0.1) is 11.3 Å². The minimum atomic E-state index is -0.226. The zero-order valence-electron chi connectivity index (χ0n) is 15.8. The number of nitrogens with one attached hydrogen (secondary N) is 1. The summed E-state index contributed by atoms with van der Waals surface area (Å²) in [6.45, 7) is 2.74. The first-order valence-electron chi connectivity index (χ1n) is 9.00. The number of nitrogens with zero attached hydrogens (tertiary/aromatic N) is 1. The molecule has 2 aromatic carbocycles. The van der Waals surface area contributed by atoms with Crippen molar-refractivity contribution >= 4 is 28.5 Å². The quantitative estimate of drug-likeness (QED) is 0.530. The van der Waals surface area contributed by atoms with Crippen LogP contribution in [-0.4, -0.2) is 24.6 Å². The fourth-order valence-corrected chi connectivity index (χ4v) is 3.20. The molecule has 28 heavy (non-hydrogen) atoms. The van der Waals surface area contributed by atoms with E-state index in [4.69, 9.17) is 9.47 Å². The van der Waals surface area contributed by atoms with Crippen molar-refractivity contribution in [1.29, 1.82) is 0 Å². The third-order valence-corrected chi connectivity index (χ3v) is 4.64. The van der Waals surface area contributed by atoms with Crippen LogP contribution >= 0.6 is 11.3 Å². The number of benzene rings is 2. The molecular weight excluding hydrogens is 372 g/mol. The highest BCUT2D eigenvalue weighted by atomic mass is 32.1. The Hall–Kier alpha value is -3.12. The highest BCUT2D eigenvalue weighted by Gasteiger charge is 2.07. The van der Waals surface area contributed by atoms with Crippen LogP contribution in [0.2, 0.25) is 0 Å². The highest BCUT2D eigenvalue weighted by molar-refractivity contribution is 7.14. The smallest absolute Gasteiger partial charge is 0.250 e. The molecule has 1 heterocycles.